The van der Waals surface area contributed by atoms with E-state index in [0.29, 0.717) is 6.54 Å². The molecule has 0 heterocycles. The maximum Gasteiger partial charge on any atom is 0.0376 e. The molecule has 0 aliphatic heterocycles. The predicted molar refractivity (Wildman–Crippen MR) is 40.7 cm³/mol. The summed E-state index contributed by atoms with van der Waals surface area (Å²) in [6, 6.07) is 0. The largest absolute Gasteiger partial charge is 0.313 e. The van der Waals surface area contributed by atoms with Crippen molar-refractivity contribution in [2.45, 2.75) is 40.7 Å². The Morgan fingerprint density at radius 2 is 1.67 bits per heavy atom. The van der Waals surface area contributed by atoms with E-state index in [1.165, 1.54) is 5.06 Å². The van der Waals surface area contributed by atoms with Crippen molar-refractivity contribution in [3.05, 3.63) is 0 Å². The van der Waals surface area contributed by atoms with Gasteiger partial charge in [0.15, 0.2) is 0 Å². The van der Waals surface area contributed by atoms with E-state index in [9.17, 15) is 0 Å². The number of rotatable bonds is 1. The maximum atomic E-state index is 9.03. The highest BCUT2D eigenvalue weighted by molar-refractivity contribution is 4.66. The number of hydrogen-bond acceptors (Lipinski definition) is 2. The Balaban J connectivity index is 0. The summed E-state index contributed by atoms with van der Waals surface area (Å²) in [6.07, 6.45) is 0. The van der Waals surface area contributed by atoms with E-state index >= 15 is 0 Å². The lowest BCUT2D eigenvalue weighted by atomic mass is 10.1. The van der Waals surface area contributed by atoms with Crippen molar-refractivity contribution < 1.29 is 5.21 Å². The van der Waals surface area contributed by atoms with Gasteiger partial charge in [-0.05, 0) is 20.8 Å². The zero-order chi connectivity index (χ0) is 6.78. The van der Waals surface area contributed by atoms with Gasteiger partial charge in [-0.25, -0.2) is 0 Å². The van der Waals surface area contributed by atoms with Crippen LogP contribution in [0.15, 0.2) is 0 Å². The third kappa shape index (κ3) is 4.43. The molecule has 0 aromatic carbocycles. The number of hydroxylamine groups is 2. The molecule has 0 saturated carbocycles. The van der Waals surface area contributed by atoms with E-state index in [-0.39, 0.29) is 13.0 Å². The van der Waals surface area contributed by atoms with Crippen LogP contribution in [0, 0.1) is 0 Å². The van der Waals surface area contributed by atoms with E-state index in [4.69, 9.17) is 5.21 Å². The molecule has 0 atom stereocenters. The first-order valence-corrected chi connectivity index (χ1v) is 2.95. The Kier molecular flexibility index (Phi) is 5.00. The standard InChI is InChI=1S/C6H15NO.CH4/c1-5-7(8)6(2,3)4;/h8H,5H2,1-4H3;1H4. The van der Waals surface area contributed by atoms with E-state index < -0.39 is 0 Å². The lowest BCUT2D eigenvalue weighted by molar-refractivity contribution is -0.151. The molecule has 2 heteroatoms. The summed E-state index contributed by atoms with van der Waals surface area (Å²) in [4.78, 5) is 0. The first-order valence-electron chi connectivity index (χ1n) is 2.95. The molecule has 0 aliphatic carbocycles. The molecule has 0 unspecified atom stereocenters. The fraction of sp³-hybridized carbons (Fsp3) is 1.00. The normalized spacial score (nSPS) is 11.3. The Hall–Kier alpha value is -0.0800. The molecule has 58 valence electrons. The smallest absolute Gasteiger partial charge is 0.0376 e. The van der Waals surface area contributed by atoms with E-state index in [2.05, 4.69) is 0 Å². The first kappa shape index (κ1) is 11.7. The monoisotopic (exact) mass is 133 g/mol. The first-order chi connectivity index (χ1) is 3.48. The number of nitrogens with zero attached hydrogens (tertiary/aromatic N) is 1. The molecule has 0 amide bonds. The SMILES string of the molecule is C.CCN(O)C(C)(C)C. The highest BCUT2D eigenvalue weighted by Gasteiger charge is 2.15. The Bertz CT molecular complexity index is 65.8. The van der Waals surface area contributed by atoms with Crippen molar-refractivity contribution in [1.29, 1.82) is 0 Å². The van der Waals surface area contributed by atoms with E-state index in [1.54, 1.807) is 0 Å². The average molecular weight is 133 g/mol. The molecular weight excluding hydrogens is 114 g/mol. The predicted octanol–water partition coefficient (Wildman–Crippen LogP) is 2.13. The Morgan fingerprint density at radius 3 is 1.67 bits per heavy atom. The Morgan fingerprint density at radius 1 is 1.33 bits per heavy atom. The second-order valence-corrected chi connectivity index (χ2v) is 2.89. The van der Waals surface area contributed by atoms with E-state index in [0.717, 1.165) is 0 Å². The molecule has 0 aromatic rings. The summed E-state index contributed by atoms with van der Waals surface area (Å²) in [7, 11) is 0. The van der Waals surface area contributed by atoms with Gasteiger partial charge in [0, 0.05) is 12.1 Å². The molecule has 0 spiro atoms. The zero-order valence-corrected chi connectivity index (χ0v) is 6.10. The van der Waals surface area contributed by atoms with Crippen molar-refractivity contribution in [1.82, 2.24) is 5.06 Å². The molecule has 0 saturated heterocycles. The third-order valence-corrected chi connectivity index (χ3v) is 1.07. The maximum absolute atomic E-state index is 9.03. The van der Waals surface area contributed by atoms with E-state index in [1.807, 2.05) is 27.7 Å². The summed E-state index contributed by atoms with van der Waals surface area (Å²) >= 11 is 0. The minimum absolute atomic E-state index is 0. The fourth-order valence-electron chi connectivity index (χ4n) is 0.474. The summed E-state index contributed by atoms with van der Waals surface area (Å²) in [5, 5.41) is 10.3. The van der Waals surface area contributed by atoms with Crippen molar-refractivity contribution in [2.24, 2.45) is 0 Å². The van der Waals surface area contributed by atoms with Gasteiger partial charge in [0.25, 0.3) is 0 Å². The van der Waals surface area contributed by atoms with Gasteiger partial charge in [0.2, 0.25) is 0 Å². The highest BCUT2D eigenvalue weighted by Crippen LogP contribution is 2.07. The van der Waals surface area contributed by atoms with Crippen LogP contribution in [0.2, 0.25) is 0 Å². The molecule has 0 aliphatic rings. The van der Waals surface area contributed by atoms with Crippen LogP contribution in [0.5, 0.6) is 0 Å². The van der Waals surface area contributed by atoms with Gasteiger partial charge in [-0.3, -0.25) is 0 Å². The second kappa shape index (κ2) is 3.85. The van der Waals surface area contributed by atoms with Gasteiger partial charge in [0.1, 0.15) is 0 Å². The van der Waals surface area contributed by atoms with Crippen LogP contribution in [0.1, 0.15) is 35.1 Å². The lowest BCUT2D eigenvalue weighted by Crippen LogP contribution is -2.38. The lowest BCUT2D eigenvalue weighted by Gasteiger charge is -2.27. The van der Waals surface area contributed by atoms with Crippen LogP contribution in [0.25, 0.3) is 0 Å². The van der Waals surface area contributed by atoms with Crippen molar-refractivity contribution in [3.8, 4) is 0 Å². The van der Waals surface area contributed by atoms with Crippen molar-refractivity contribution >= 4 is 0 Å². The minimum Gasteiger partial charge on any atom is -0.313 e. The molecule has 1 N–H and O–H groups in total. The third-order valence-electron chi connectivity index (χ3n) is 1.07. The van der Waals surface area contributed by atoms with Crippen molar-refractivity contribution in [2.75, 3.05) is 6.54 Å². The van der Waals surface area contributed by atoms with Gasteiger partial charge < -0.3 is 5.21 Å². The van der Waals surface area contributed by atoms with Crippen LogP contribution < -0.4 is 0 Å². The summed E-state index contributed by atoms with van der Waals surface area (Å²) in [6.45, 7) is 8.51. The van der Waals surface area contributed by atoms with Gasteiger partial charge in [-0.2, -0.15) is 5.06 Å². The van der Waals surface area contributed by atoms with Gasteiger partial charge >= 0.3 is 0 Å². The fourth-order valence-corrected chi connectivity index (χ4v) is 0.474. The molecule has 0 radical (unpaired) electrons. The number of hydrogen-bond donors (Lipinski definition) is 1. The average Bonchev–Trinajstić information content (AvgIpc) is 1.62. The van der Waals surface area contributed by atoms with Crippen LogP contribution >= 0.6 is 0 Å². The molecular formula is C7H19NO. The van der Waals surface area contributed by atoms with Crippen LogP contribution in [0.3, 0.4) is 0 Å². The van der Waals surface area contributed by atoms with Crippen LogP contribution in [-0.2, 0) is 0 Å². The van der Waals surface area contributed by atoms with Crippen LogP contribution in [-0.4, -0.2) is 22.4 Å². The second-order valence-electron chi connectivity index (χ2n) is 2.89. The molecule has 2 nitrogen and oxygen atoms in total. The minimum atomic E-state index is -0.102. The molecule has 0 bridgehead atoms. The molecule has 0 aromatic heterocycles. The van der Waals surface area contributed by atoms with Gasteiger partial charge in [-0.15, -0.1) is 0 Å². The van der Waals surface area contributed by atoms with Gasteiger partial charge in [-0.1, -0.05) is 14.4 Å². The summed E-state index contributed by atoms with van der Waals surface area (Å²) in [5.74, 6) is 0. The van der Waals surface area contributed by atoms with Gasteiger partial charge in [0.05, 0.1) is 0 Å². The summed E-state index contributed by atoms with van der Waals surface area (Å²) < 4.78 is 0. The topological polar surface area (TPSA) is 23.5 Å². The zero-order valence-electron chi connectivity index (χ0n) is 6.10. The molecule has 0 rings (SSSR count). The van der Waals surface area contributed by atoms with Crippen molar-refractivity contribution in [3.63, 3.8) is 0 Å². The van der Waals surface area contributed by atoms with Crippen LogP contribution in [0.4, 0.5) is 0 Å². The Labute approximate surface area is 58.4 Å². The summed E-state index contributed by atoms with van der Waals surface area (Å²) in [5.41, 5.74) is -0.102. The molecule has 0 fully saturated rings. The highest BCUT2D eigenvalue weighted by atomic mass is 16.5. The quantitative estimate of drug-likeness (QED) is 0.554. The molecule has 9 heavy (non-hydrogen) atoms.